The van der Waals surface area contributed by atoms with E-state index in [1.54, 1.807) is 25.6 Å². The number of nitrogens with one attached hydrogen (secondary N) is 1. The van der Waals surface area contributed by atoms with Crippen LogP contribution < -0.4 is 14.9 Å². The van der Waals surface area contributed by atoms with E-state index >= 15 is 0 Å². The van der Waals surface area contributed by atoms with Gasteiger partial charge in [-0.05, 0) is 47.5 Å². The van der Waals surface area contributed by atoms with Crippen molar-refractivity contribution in [2.45, 2.75) is 20.3 Å². The third-order valence-electron chi connectivity index (χ3n) is 3.09. The molecule has 0 fully saturated rings. The molecule has 0 saturated heterocycles. The quantitative estimate of drug-likeness (QED) is 0.361. The molecule has 0 radical (unpaired) electrons. The molecule has 0 aliphatic heterocycles. The SMILES string of the molecule is CCOC(=O)Cc1csc(N/N=C\c2cc(Br)c(OC)c(OCC)c2)n1. The summed E-state index contributed by atoms with van der Waals surface area (Å²) in [5.41, 5.74) is 4.34. The zero-order valence-electron chi connectivity index (χ0n) is 14.7. The standard InChI is InChI=1S/C17H20BrN3O4S/c1-4-24-14-7-11(6-13(18)16(14)23-3)9-19-21-17-20-12(10-26-17)8-15(22)25-5-2/h6-7,9-10H,4-5,8H2,1-3H3,(H,20,21)/b19-9-. The predicted octanol–water partition coefficient (Wildman–Crippen LogP) is 3.86. The first-order valence-electron chi connectivity index (χ1n) is 7.96. The summed E-state index contributed by atoms with van der Waals surface area (Å²) in [4.78, 5) is 15.8. The molecule has 26 heavy (non-hydrogen) atoms. The fourth-order valence-electron chi connectivity index (χ4n) is 2.08. The minimum absolute atomic E-state index is 0.152. The van der Waals surface area contributed by atoms with Crippen molar-refractivity contribution >= 4 is 44.6 Å². The molecule has 9 heteroatoms. The number of anilines is 1. The second kappa shape index (κ2) is 10.1. The van der Waals surface area contributed by atoms with Crippen LogP contribution in [0.1, 0.15) is 25.1 Å². The van der Waals surface area contributed by atoms with Crippen LogP contribution in [-0.2, 0) is 16.0 Å². The number of aromatic nitrogens is 1. The van der Waals surface area contributed by atoms with Crippen LogP contribution >= 0.6 is 27.3 Å². The maximum Gasteiger partial charge on any atom is 0.311 e. The Morgan fingerprint density at radius 2 is 2.19 bits per heavy atom. The van der Waals surface area contributed by atoms with Gasteiger partial charge >= 0.3 is 5.97 Å². The van der Waals surface area contributed by atoms with Gasteiger partial charge in [-0.15, -0.1) is 11.3 Å². The van der Waals surface area contributed by atoms with Crippen molar-refractivity contribution in [2.75, 3.05) is 25.7 Å². The highest BCUT2D eigenvalue weighted by atomic mass is 79.9. The summed E-state index contributed by atoms with van der Waals surface area (Å²) in [5.74, 6) is 0.983. The van der Waals surface area contributed by atoms with Crippen molar-refractivity contribution in [3.05, 3.63) is 33.2 Å². The van der Waals surface area contributed by atoms with Gasteiger partial charge in [-0.1, -0.05) is 0 Å². The Morgan fingerprint density at radius 3 is 2.88 bits per heavy atom. The largest absolute Gasteiger partial charge is 0.492 e. The molecule has 7 nitrogen and oxygen atoms in total. The van der Waals surface area contributed by atoms with E-state index < -0.39 is 0 Å². The Hall–Kier alpha value is -2.13. The summed E-state index contributed by atoms with van der Waals surface area (Å²) in [6.07, 6.45) is 1.80. The third-order valence-corrected chi connectivity index (χ3v) is 4.48. The topological polar surface area (TPSA) is 82.0 Å². The van der Waals surface area contributed by atoms with Gasteiger partial charge in [0.1, 0.15) is 0 Å². The number of methoxy groups -OCH3 is 1. The number of hydrogen-bond donors (Lipinski definition) is 1. The Morgan fingerprint density at radius 1 is 1.38 bits per heavy atom. The van der Waals surface area contributed by atoms with Gasteiger partial charge in [0.05, 0.1) is 43.1 Å². The smallest absolute Gasteiger partial charge is 0.311 e. The van der Waals surface area contributed by atoms with Gasteiger partial charge in [0.2, 0.25) is 5.13 Å². The number of nitrogens with zero attached hydrogens (tertiary/aromatic N) is 2. The monoisotopic (exact) mass is 441 g/mol. The van der Waals surface area contributed by atoms with Gasteiger partial charge in [-0.2, -0.15) is 5.10 Å². The molecular weight excluding hydrogens is 422 g/mol. The molecule has 140 valence electrons. The van der Waals surface area contributed by atoms with Crippen LogP contribution in [0.5, 0.6) is 11.5 Å². The molecule has 0 atom stereocenters. The minimum Gasteiger partial charge on any atom is -0.492 e. The fourth-order valence-corrected chi connectivity index (χ4v) is 3.37. The molecular formula is C17H20BrN3O4S. The van der Waals surface area contributed by atoms with Crippen molar-refractivity contribution in [1.29, 1.82) is 0 Å². The van der Waals surface area contributed by atoms with Gasteiger partial charge in [0, 0.05) is 5.38 Å². The van der Waals surface area contributed by atoms with Gasteiger partial charge < -0.3 is 14.2 Å². The molecule has 1 aromatic heterocycles. The Bertz CT molecular complexity index is 779. The molecule has 1 N–H and O–H groups in total. The number of esters is 1. The van der Waals surface area contributed by atoms with Crippen LogP contribution in [0, 0.1) is 0 Å². The van der Waals surface area contributed by atoms with Crippen LogP contribution in [0.15, 0.2) is 27.1 Å². The zero-order valence-corrected chi connectivity index (χ0v) is 17.1. The zero-order chi connectivity index (χ0) is 18.9. The maximum absolute atomic E-state index is 11.5. The van der Waals surface area contributed by atoms with E-state index in [0.29, 0.717) is 35.5 Å². The maximum atomic E-state index is 11.5. The average Bonchev–Trinajstić information content (AvgIpc) is 3.02. The molecule has 2 rings (SSSR count). The number of thiazole rings is 1. The molecule has 1 aromatic carbocycles. The molecule has 2 aromatic rings. The van der Waals surface area contributed by atoms with Gasteiger partial charge in [0.15, 0.2) is 11.5 Å². The van der Waals surface area contributed by atoms with Crippen molar-refractivity contribution in [3.63, 3.8) is 0 Å². The second-order valence-corrected chi connectivity index (χ2v) is 6.68. The molecule has 0 aliphatic carbocycles. The molecule has 0 aliphatic rings. The number of rotatable bonds is 9. The van der Waals surface area contributed by atoms with E-state index in [0.717, 1.165) is 10.0 Å². The average molecular weight is 442 g/mol. The van der Waals surface area contributed by atoms with Gasteiger partial charge in [-0.3, -0.25) is 10.2 Å². The first kappa shape index (κ1) is 20.2. The van der Waals surface area contributed by atoms with Crippen LogP contribution in [0.2, 0.25) is 0 Å². The molecule has 0 amide bonds. The molecule has 0 saturated carbocycles. The van der Waals surface area contributed by atoms with E-state index in [4.69, 9.17) is 14.2 Å². The van der Waals surface area contributed by atoms with Crippen LogP contribution in [-0.4, -0.2) is 37.5 Å². The van der Waals surface area contributed by atoms with Gasteiger partial charge in [0.25, 0.3) is 0 Å². The Kier molecular flexibility index (Phi) is 7.86. The molecule has 0 unspecified atom stereocenters. The number of ether oxygens (including phenoxy) is 3. The summed E-state index contributed by atoms with van der Waals surface area (Å²) in [6.45, 7) is 4.57. The van der Waals surface area contributed by atoms with Crippen molar-refractivity contribution in [2.24, 2.45) is 5.10 Å². The lowest BCUT2D eigenvalue weighted by atomic mass is 10.2. The van der Waals surface area contributed by atoms with E-state index in [-0.39, 0.29) is 12.4 Å². The highest BCUT2D eigenvalue weighted by molar-refractivity contribution is 9.10. The lowest BCUT2D eigenvalue weighted by Gasteiger charge is -2.11. The van der Waals surface area contributed by atoms with Crippen LogP contribution in [0.4, 0.5) is 5.13 Å². The van der Waals surface area contributed by atoms with Crippen molar-refractivity contribution in [3.8, 4) is 11.5 Å². The Labute approximate surface area is 164 Å². The van der Waals surface area contributed by atoms with Crippen molar-refractivity contribution in [1.82, 2.24) is 4.98 Å². The molecule has 1 heterocycles. The number of halogens is 1. The minimum atomic E-state index is -0.292. The molecule has 0 spiro atoms. The van der Waals surface area contributed by atoms with Crippen LogP contribution in [0.25, 0.3) is 0 Å². The third kappa shape index (κ3) is 5.70. The first-order chi connectivity index (χ1) is 12.6. The number of carbonyl (C=O) groups is 1. The number of carbonyl (C=O) groups excluding carboxylic acids is 1. The number of benzene rings is 1. The highest BCUT2D eigenvalue weighted by Crippen LogP contribution is 2.36. The highest BCUT2D eigenvalue weighted by Gasteiger charge is 2.11. The fraction of sp³-hybridized carbons (Fsp3) is 0.353. The van der Waals surface area contributed by atoms with Crippen LogP contribution in [0.3, 0.4) is 0 Å². The molecule has 0 bridgehead atoms. The van der Waals surface area contributed by atoms with Gasteiger partial charge in [-0.25, -0.2) is 4.98 Å². The number of hydrazone groups is 1. The van der Waals surface area contributed by atoms with E-state index in [9.17, 15) is 4.79 Å². The van der Waals surface area contributed by atoms with E-state index in [1.165, 1.54) is 11.3 Å². The normalized spacial score (nSPS) is 10.8. The summed E-state index contributed by atoms with van der Waals surface area (Å²) >= 11 is 4.83. The summed E-state index contributed by atoms with van der Waals surface area (Å²) in [7, 11) is 1.59. The Balaban J connectivity index is 2.02. The summed E-state index contributed by atoms with van der Waals surface area (Å²) in [5, 5.41) is 6.57. The number of hydrogen-bond acceptors (Lipinski definition) is 8. The summed E-state index contributed by atoms with van der Waals surface area (Å²) in [6, 6.07) is 3.72. The summed E-state index contributed by atoms with van der Waals surface area (Å²) < 4.78 is 16.6. The lowest BCUT2D eigenvalue weighted by Crippen LogP contribution is -2.07. The predicted molar refractivity (Wildman–Crippen MR) is 106 cm³/mol. The second-order valence-electron chi connectivity index (χ2n) is 4.96. The lowest BCUT2D eigenvalue weighted by molar-refractivity contribution is -0.142. The first-order valence-corrected chi connectivity index (χ1v) is 9.64. The van der Waals surface area contributed by atoms with Crippen molar-refractivity contribution < 1.29 is 19.0 Å². The van der Waals surface area contributed by atoms with E-state index in [1.807, 2.05) is 19.1 Å². The van der Waals surface area contributed by atoms with E-state index in [2.05, 4.69) is 31.4 Å².